The van der Waals surface area contributed by atoms with Crippen LogP contribution in [-0.2, 0) is 30.7 Å². The molecule has 0 radical (unpaired) electrons. The third-order valence-electron chi connectivity index (χ3n) is 3.47. The molecule has 122 valence electrons. The van der Waals surface area contributed by atoms with E-state index in [0.717, 1.165) is 32.5 Å². The van der Waals surface area contributed by atoms with E-state index in [2.05, 4.69) is 58.5 Å². The van der Waals surface area contributed by atoms with Gasteiger partial charge in [-0.25, -0.2) is 0 Å². The van der Waals surface area contributed by atoms with Crippen LogP contribution in [0.4, 0.5) is 0 Å². The quantitative estimate of drug-likeness (QED) is 0.799. The van der Waals surface area contributed by atoms with Crippen molar-refractivity contribution in [3.8, 4) is 0 Å². The van der Waals surface area contributed by atoms with E-state index in [1.54, 1.807) is 0 Å². The fourth-order valence-electron chi connectivity index (χ4n) is 2.39. The van der Waals surface area contributed by atoms with E-state index in [1.807, 2.05) is 0 Å². The van der Waals surface area contributed by atoms with Gasteiger partial charge in [0.15, 0.2) is 0 Å². The first-order valence-corrected chi connectivity index (χ1v) is 8.22. The minimum absolute atomic E-state index is 0.124. The van der Waals surface area contributed by atoms with Crippen LogP contribution in [0.5, 0.6) is 0 Å². The Hall–Kier alpha value is -0.870. The van der Waals surface area contributed by atoms with Crippen molar-refractivity contribution in [3.05, 3.63) is 17.0 Å². The van der Waals surface area contributed by atoms with Crippen LogP contribution in [0.2, 0.25) is 0 Å². The monoisotopic (exact) mass is 295 g/mol. The second-order valence-corrected chi connectivity index (χ2v) is 6.83. The van der Waals surface area contributed by atoms with Crippen LogP contribution < -0.4 is 5.32 Å². The Labute approximate surface area is 130 Å². The van der Waals surface area contributed by atoms with Crippen molar-refractivity contribution >= 4 is 0 Å². The molecule has 0 atom stereocenters. The summed E-state index contributed by atoms with van der Waals surface area (Å²) in [6.45, 7) is 17.6. The van der Waals surface area contributed by atoms with Gasteiger partial charge < -0.3 is 10.1 Å². The van der Waals surface area contributed by atoms with Crippen molar-refractivity contribution in [3.63, 3.8) is 0 Å². The van der Waals surface area contributed by atoms with Crippen LogP contribution in [0.15, 0.2) is 0 Å². The molecule has 0 aliphatic rings. The Morgan fingerprint density at radius 2 is 1.86 bits per heavy atom. The van der Waals surface area contributed by atoms with Crippen LogP contribution >= 0.6 is 0 Å². The average molecular weight is 295 g/mol. The fraction of sp³-hybridized carbons (Fsp3) is 0.824. The largest absolute Gasteiger partial charge is 0.377 e. The predicted molar refractivity (Wildman–Crippen MR) is 88.7 cm³/mol. The molecule has 0 amide bonds. The molecule has 4 heteroatoms. The number of nitrogens with zero attached hydrogens (tertiary/aromatic N) is 2. The van der Waals surface area contributed by atoms with Crippen molar-refractivity contribution in [2.45, 2.75) is 86.0 Å². The van der Waals surface area contributed by atoms with Gasteiger partial charge in [-0.2, -0.15) is 5.10 Å². The molecule has 21 heavy (non-hydrogen) atoms. The summed E-state index contributed by atoms with van der Waals surface area (Å²) in [4.78, 5) is 0. The van der Waals surface area contributed by atoms with Crippen molar-refractivity contribution < 1.29 is 4.74 Å². The molecule has 0 unspecified atom stereocenters. The zero-order chi connectivity index (χ0) is 16.0. The van der Waals surface area contributed by atoms with E-state index in [4.69, 9.17) is 9.84 Å². The van der Waals surface area contributed by atoms with Gasteiger partial charge in [0, 0.05) is 23.3 Å². The third-order valence-corrected chi connectivity index (χ3v) is 3.47. The van der Waals surface area contributed by atoms with E-state index >= 15 is 0 Å². The summed E-state index contributed by atoms with van der Waals surface area (Å²) in [6, 6.07) is 0. The van der Waals surface area contributed by atoms with Crippen molar-refractivity contribution in [1.29, 1.82) is 0 Å². The zero-order valence-electron chi connectivity index (χ0n) is 14.9. The maximum absolute atomic E-state index is 5.67. The molecule has 1 rings (SSSR count). The van der Waals surface area contributed by atoms with Crippen LogP contribution in [0.1, 0.15) is 65.4 Å². The molecule has 1 aromatic heterocycles. The zero-order valence-corrected chi connectivity index (χ0v) is 14.9. The van der Waals surface area contributed by atoms with Gasteiger partial charge in [-0.1, -0.05) is 13.8 Å². The standard InChI is InChI=1S/C17H33N3O/c1-8-15-14(12-18-17(5,6)7)16(9-2)20(19-15)10-11-21-13(3)4/h13,18H,8-12H2,1-7H3. The fourth-order valence-corrected chi connectivity index (χ4v) is 2.39. The highest BCUT2D eigenvalue weighted by atomic mass is 16.5. The lowest BCUT2D eigenvalue weighted by Crippen LogP contribution is -2.35. The maximum atomic E-state index is 5.67. The molecule has 1 N–H and O–H groups in total. The summed E-state index contributed by atoms with van der Waals surface area (Å²) in [7, 11) is 0. The van der Waals surface area contributed by atoms with Crippen molar-refractivity contribution in [2.24, 2.45) is 0 Å². The first-order valence-electron chi connectivity index (χ1n) is 8.22. The topological polar surface area (TPSA) is 39.1 Å². The van der Waals surface area contributed by atoms with Gasteiger partial charge in [0.05, 0.1) is 24.9 Å². The minimum atomic E-state index is 0.124. The molecule has 0 aromatic carbocycles. The van der Waals surface area contributed by atoms with E-state index in [9.17, 15) is 0 Å². The summed E-state index contributed by atoms with van der Waals surface area (Å²) in [6.07, 6.45) is 2.26. The van der Waals surface area contributed by atoms with Gasteiger partial charge in [-0.3, -0.25) is 4.68 Å². The molecular weight excluding hydrogens is 262 g/mol. The Morgan fingerprint density at radius 3 is 2.33 bits per heavy atom. The summed E-state index contributed by atoms with van der Waals surface area (Å²) >= 11 is 0. The number of aromatic nitrogens is 2. The number of rotatable bonds is 8. The molecule has 1 aromatic rings. The van der Waals surface area contributed by atoms with Crippen molar-refractivity contribution in [2.75, 3.05) is 6.61 Å². The Morgan fingerprint density at radius 1 is 1.19 bits per heavy atom. The number of hydrogen-bond acceptors (Lipinski definition) is 3. The number of ether oxygens (including phenoxy) is 1. The highest BCUT2D eigenvalue weighted by Crippen LogP contribution is 2.17. The van der Waals surface area contributed by atoms with Gasteiger partial charge in [0.25, 0.3) is 0 Å². The van der Waals surface area contributed by atoms with Gasteiger partial charge in [0.1, 0.15) is 0 Å². The number of hydrogen-bond donors (Lipinski definition) is 1. The number of aryl methyl sites for hydroxylation is 1. The Bertz CT molecular complexity index is 430. The normalized spacial score (nSPS) is 12.4. The van der Waals surface area contributed by atoms with Crippen LogP contribution in [-0.4, -0.2) is 28.0 Å². The molecule has 0 aliphatic heterocycles. The highest BCUT2D eigenvalue weighted by molar-refractivity contribution is 5.27. The smallest absolute Gasteiger partial charge is 0.0669 e. The van der Waals surface area contributed by atoms with Gasteiger partial charge in [0.2, 0.25) is 0 Å². The van der Waals surface area contributed by atoms with Crippen LogP contribution in [0.25, 0.3) is 0 Å². The van der Waals surface area contributed by atoms with Crippen LogP contribution in [0, 0.1) is 0 Å². The molecule has 0 bridgehead atoms. The Balaban J connectivity index is 2.87. The lowest BCUT2D eigenvalue weighted by Gasteiger charge is -2.21. The van der Waals surface area contributed by atoms with Gasteiger partial charge >= 0.3 is 0 Å². The third kappa shape index (κ3) is 5.79. The second kappa shape index (κ2) is 7.95. The van der Waals surface area contributed by atoms with Gasteiger partial charge in [-0.05, 0) is 47.5 Å². The molecule has 0 spiro atoms. The summed E-state index contributed by atoms with van der Waals surface area (Å²) < 4.78 is 7.81. The molecule has 1 heterocycles. The van der Waals surface area contributed by atoms with E-state index in [0.29, 0.717) is 0 Å². The summed E-state index contributed by atoms with van der Waals surface area (Å²) in [5.74, 6) is 0. The first kappa shape index (κ1) is 18.2. The van der Waals surface area contributed by atoms with E-state index in [1.165, 1.54) is 17.0 Å². The highest BCUT2D eigenvalue weighted by Gasteiger charge is 2.17. The lowest BCUT2D eigenvalue weighted by atomic mass is 10.1. The maximum Gasteiger partial charge on any atom is 0.0669 e. The van der Waals surface area contributed by atoms with Gasteiger partial charge in [-0.15, -0.1) is 0 Å². The predicted octanol–water partition coefficient (Wildman–Crippen LogP) is 3.32. The molecule has 0 saturated heterocycles. The summed E-state index contributed by atoms with van der Waals surface area (Å²) in [5, 5.41) is 8.38. The molecule has 0 aliphatic carbocycles. The van der Waals surface area contributed by atoms with Crippen LogP contribution in [0.3, 0.4) is 0 Å². The summed E-state index contributed by atoms with van der Waals surface area (Å²) in [5.41, 5.74) is 4.06. The van der Waals surface area contributed by atoms with E-state index < -0.39 is 0 Å². The molecular formula is C17H33N3O. The minimum Gasteiger partial charge on any atom is -0.377 e. The molecule has 0 saturated carbocycles. The van der Waals surface area contributed by atoms with Crippen molar-refractivity contribution in [1.82, 2.24) is 15.1 Å². The molecule has 0 fully saturated rings. The Kier molecular flexibility index (Phi) is 6.88. The first-order chi connectivity index (χ1) is 9.78. The number of nitrogens with one attached hydrogen (secondary N) is 1. The SMILES string of the molecule is CCc1nn(CCOC(C)C)c(CC)c1CNC(C)(C)C. The average Bonchev–Trinajstić information content (AvgIpc) is 2.72. The second-order valence-electron chi connectivity index (χ2n) is 6.83. The molecule has 4 nitrogen and oxygen atoms in total. The van der Waals surface area contributed by atoms with E-state index in [-0.39, 0.29) is 11.6 Å². The lowest BCUT2D eigenvalue weighted by molar-refractivity contribution is 0.0705.